The molecular formula is C20H21N5O3. The predicted octanol–water partition coefficient (Wildman–Crippen LogP) is 0.810. The highest BCUT2D eigenvalue weighted by atomic mass is 16.5. The van der Waals surface area contributed by atoms with Gasteiger partial charge in [0.25, 0.3) is 5.56 Å². The summed E-state index contributed by atoms with van der Waals surface area (Å²) in [5.74, 6) is 0. The van der Waals surface area contributed by atoms with Crippen LogP contribution in [0, 0.1) is 0 Å². The van der Waals surface area contributed by atoms with Crippen molar-refractivity contribution in [2.75, 3.05) is 26.3 Å². The summed E-state index contributed by atoms with van der Waals surface area (Å²) >= 11 is 0. The molecule has 0 N–H and O–H groups in total. The normalized spacial score (nSPS) is 14.8. The Morgan fingerprint density at radius 2 is 1.89 bits per heavy atom. The van der Waals surface area contributed by atoms with Crippen LogP contribution in [0.25, 0.3) is 11.0 Å². The number of morpholine rings is 1. The van der Waals surface area contributed by atoms with Crippen LogP contribution in [0.15, 0.2) is 57.3 Å². The molecule has 8 heteroatoms. The maximum Gasteiger partial charge on any atom is 0.332 e. The number of hydrazone groups is 1. The minimum Gasteiger partial charge on any atom is -0.378 e. The van der Waals surface area contributed by atoms with E-state index in [0.717, 1.165) is 5.56 Å². The van der Waals surface area contributed by atoms with Crippen LogP contribution in [0.2, 0.25) is 0 Å². The summed E-state index contributed by atoms with van der Waals surface area (Å²) in [5, 5.41) is 6.77. The molecule has 3 heterocycles. The van der Waals surface area contributed by atoms with E-state index in [9.17, 15) is 9.59 Å². The molecule has 1 aliphatic rings. The number of ether oxygens (including phenoxy) is 1. The van der Waals surface area contributed by atoms with Gasteiger partial charge < -0.3 is 4.74 Å². The number of nitrogens with zero attached hydrogens (tertiary/aromatic N) is 5. The van der Waals surface area contributed by atoms with Gasteiger partial charge in [-0.3, -0.25) is 18.9 Å². The number of benzene rings is 1. The molecule has 0 bridgehead atoms. The number of hydrogen-bond donors (Lipinski definition) is 0. The van der Waals surface area contributed by atoms with Gasteiger partial charge in [0.05, 0.1) is 44.4 Å². The third-order valence-electron chi connectivity index (χ3n) is 4.79. The quantitative estimate of drug-likeness (QED) is 0.627. The number of fused-ring (bicyclic) bond motifs is 1. The Balaban J connectivity index is 1.82. The predicted molar refractivity (Wildman–Crippen MR) is 107 cm³/mol. The molecule has 0 radical (unpaired) electrons. The van der Waals surface area contributed by atoms with Crippen molar-refractivity contribution >= 4 is 17.2 Å². The molecule has 3 aromatic rings. The Kier molecular flexibility index (Phi) is 5.03. The summed E-state index contributed by atoms with van der Waals surface area (Å²) in [4.78, 5) is 30.2. The van der Waals surface area contributed by atoms with Gasteiger partial charge >= 0.3 is 5.69 Å². The molecule has 1 aromatic carbocycles. The second-order valence-electron chi connectivity index (χ2n) is 6.63. The molecule has 4 rings (SSSR count). The Morgan fingerprint density at radius 1 is 1.14 bits per heavy atom. The summed E-state index contributed by atoms with van der Waals surface area (Å²) in [7, 11) is 1.63. The van der Waals surface area contributed by atoms with Gasteiger partial charge in [-0.2, -0.15) is 5.10 Å². The molecule has 28 heavy (non-hydrogen) atoms. The van der Waals surface area contributed by atoms with Crippen molar-refractivity contribution in [2.24, 2.45) is 12.1 Å². The molecule has 144 valence electrons. The van der Waals surface area contributed by atoms with E-state index >= 15 is 0 Å². The lowest BCUT2D eigenvalue weighted by molar-refractivity contribution is 0.0397. The van der Waals surface area contributed by atoms with E-state index in [4.69, 9.17) is 4.74 Å². The first-order valence-electron chi connectivity index (χ1n) is 9.14. The van der Waals surface area contributed by atoms with E-state index in [-0.39, 0.29) is 12.1 Å². The lowest BCUT2D eigenvalue weighted by atomic mass is 10.2. The fourth-order valence-electron chi connectivity index (χ4n) is 3.26. The molecule has 0 saturated carbocycles. The van der Waals surface area contributed by atoms with Crippen LogP contribution in [0.3, 0.4) is 0 Å². The van der Waals surface area contributed by atoms with Crippen LogP contribution < -0.4 is 11.2 Å². The largest absolute Gasteiger partial charge is 0.378 e. The van der Waals surface area contributed by atoms with Crippen molar-refractivity contribution in [3.8, 4) is 0 Å². The third kappa shape index (κ3) is 3.46. The number of aromatic nitrogens is 3. The van der Waals surface area contributed by atoms with Gasteiger partial charge in [-0.1, -0.05) is 30.3 Å². The summed E-state index contributed by atoms with van der Waals surface area (Å²) in [6, 6.07) is 11.2. The van der Waals surface area contributed by atoms with Gasteiger partial charge in [-0.25, -0.2) is 9.78 Å². The highest BCUT2D eigenvalue weighted by Crippen LogP contribution is 2.10. The topological polar surface area (TPSA) is 81.7 Å². The van der Waals surface area contributed by atoms with Crippen LogP contribution in [0.4, 0.5) is 0 Å². The molecule has 1 fully saturated rings. The monoisotopic (exact) mass is 379 g/mol. The van der Waals surface area contributed by atoms with Gasteiger partial charge in [0.15, 0.2) is 0 Å². The van der Waals surface area contributed by atoms with Gasteiger partial charge in [0.2, 0.25) is 0 Å². The maximum atomic E-state index is 13.2. The molecule has 8 nitrogen and oxygen atoms in total. The number of aryl methyl sites for hydroxylation is 1. The Labute approximate surface area is 161 Å². The van der Waals surface area contributed by atoms with Gasteiger partial charge in [0.1, 0.15) is 5.65 Å². The smallest absolute Gasteiger partial charge is 0.332 e. The highest BCUT2D eigenvalue weighted by Gasteiger charge is 2.15. The second-order valence-corrected chi connectivity index (χ2v) is 6.63. The van der Waals surface area contributed by atoms with E-state index in [0.29, 0.717) is 42.9 Å². The molecule has 0 atom stereocenters. The van der Waals surface area contributed by atoms with Crippen LogP contribution in [-0.4, -0.2) is 51.6 Å². The van der Waals surface area contributed by atoms with Crippen molar-refractivity contribution in [1.82, 2.24) is 19.1 Å². The number of hydrogen-bond acceptors (Lipinski definition) is 6. The maximum absolute atomic E-state index is 13.2. The number of pyridine rings is 1. The zero-order valence-electron chi connectivity index (χ0n) is 15.6. The average Bonchev–Trinajstić information content (AvgIpc) is 2.75. The molecule has 2 aromatic heterocycles. The molecule has 0 spiro atoms. The first-order chi connectivity index (χ1) is 13.6. The molecule has 0 unspecified atom stereocenters. The van der Waals surface area contributed by atoms with E-state index in [1.165, 1.54) is 9.13 Å². The SMILES string of the molecule is Cn1c(=O)n(Cc2ccccc2)c(=O)c2c(C=NN3CCOCC3)ccnc21. The van der Waals surface area contributed by atoms with Crippen molar-refractivity contribution in [1.29, 1.82) is 0 Å². The minimum atomic E-state index is -0.392. The summed E-state index contributed by atoms with van der Waals surface area (Å²) in [6.07, 6.45) is 3.25. The third-order valence-corrected chi connectivity index (χ3v) is 4.79. The number of rotatable bonds is 4. The fourth-order valence-corrected chi connectivity index (χ4v) is 3.26. The van der Waals surface area contributed by atoms with Gasteiger partial charge in [-0.05, 0) is 11.6 Å². The van der Waals surface area contributed by atoms with Crippen LogP contribution >= 0.6 is 0 Å². The second kappa shape index (κ2) is 7.77. The van der Waals surface area contributed by atoms with Gasteiger partial charge in [-0.15, -0.1) is 0 Å². The van der Waals surface area contributed by atoms with Crippen molar-refractivity contribution in [2.45, 2.75) is 6.54 Å². The van der Waals surface area contributed by atoms with Crippen LogP contribution in [-0.2, 0) is 18.3 Å². The first-order valence-corrected chi connectivity index (χ1v) is 9.14. The standard InChI is InChI=1S/C20H21N5O3/c1-23-18-17(16(7-8-21-18)13-22-24-9-11-28-12-10-24)19(26)25(20(23)27)14-15-5-3-2-4-6-15/h2-8,13H,9-12,14H2,1H3. The minimum absolute atomic E-state index is 0.206. The summed E-state index contributed by atoms with van der Waals surface area (Å²) in [5.41, 5.74) is 1.12. The van der Waals surface area contributed by atoms with Gasteiger partial charge in [0, 0.05) is 18.8 Å². The zero-order chi connectivity index (χ0) is 19.5. The lowest BCUT2D eigenvalue weighted by Crippen LogP contribution is -2.40. The highest BCUT2D eigenvalue weighted by molar-refractivity contribution is 5.96. The van der Waals surface area contributed by atoms with E-state index in [2.05, 4.69) is 10.1 Å². The Morgan fingerprint density at radius 3 is 2.64 bits per heavy atom. The van der Waals surface area contributed by atoms with E-state index < -0.39 is 5.69 Å². The van der Waals surface area contributed by atoms with E-state index in [1.54, 1.807) is 25.5 Å². The fraction of sp³-hybridized carbons (Fsp3) is 0.300. The molecule has 0 aliphatic carbocycles. The molecule has 0 amide bonds. The Hall–Kier alpha value is -3.26. The van der Waals surface area contributed by atoms with Crippen molar-refractivity contribution < 1.29 is 4.74 Å². The Bertz CT molecular complexity index is 1130. The molecular weight excluding hydrogens is 358 g/mol. The van der Waals surface area contributed by atoms with Crippen LogP contribution in [0.5, 0.6) is 0 Å². The van der Waals surface area contributed by atoms with E-state index in [1.807, 2.05) is 35.3 Å². The molecule has 1 aliphatic heterocycles. The summed E-state index contributed by atoms with van der Waals surface area (Å²) in [6.45, 7) is 2.88. The first kappa shape index (κ1) is 18.1. The lowest BCUT2D eigenvalue weighted by Gasteiger charge is -2.23. The van der Waals surface area contributed by atoms with Crippen molar-refractivity contribution in [3.63, 3.8) is 0 Å². The average molecular weight is 379 g/mol. The van der Waals surface area contributed by atoms with Crippen LogP contribution in [0.1, 0.15) is 11.1 Å². The molecule has 1 saturated heterocycles. The summed E-state index contributed by atoms with van der Waals surface area (Å²) < 4.78 is 7.98. The van der Waals surface area contributed by atoms with Crippen molar-refractivity contribution in [3.05, 3.63) is 74.6 Å². The zero-order valence-corrected chi connectivity index (χ0v) is 15.6.